The lowest BCUT2D eigenvalue weighted by Gasteiger charge is -2.00. The second kappa shape index (κ2) is 3.26. The molecule has 16 heavy (non-hydrogen) atoms. The zero-order chi connectivity index (χ0) is 11.9. The fraction of sp³-hybridized carbons (Fsp3) is 0.125. The summed E-state index contributed by atoms with van der Waals surface area (Å²) in [6, 6.07) is 2.12. The van der Waals surface area contributed by atoms with Gasteiger partial charge in [0.05, 0.1) is 15.9 Å². The zero-order valence-corrected chi connectivity index (χ0v) is 8.08. The summed E-state index contributed by atoms with van der Waals surface area (Å²) in [5.41, 5.74) is -0.225. The molecule has 0 bridgehead atoms. The average Bonchev–Trinajstić information content (AvgIpc) is 2.59. The van der Waals surface area contributed by atoms with Gasteiger partial charge in [0.2, 0.25) is 0 Å². The summed E-state index contributed by atoms with van der Waals surface area (Å²) in [5, 5.41) is 28.9. The smallest absolute Gasteiger partial charge is 0.276 e. The molecule has 0 aliphatic carbocycles. The number of hydrogen-bond donors (Lipinski definition) is 0. The van der Waals surface area contributed by atoms with Gasteiger partial charge in [-0.25, -0.2) is 0 Å². The normalized spacial score (nSPS) is 10.6. The minimum absolute atomic E-state index is 0.0769. The summed E-state index contributed by atoms with van der Waals surface area (Å²) < 4.78 is 0. The topological polar surface area (TPSA) is 113 Å². The summed E-state index contributed by atoms with van der Waals surface area (Å²) in [7, 11) is 0. The molecule has 0 unspecified atom stereocenters. The Hall–Kier alpha value is -2.51. The van der Waals surface area contributed by atoms with Crippen LogP contribution in [0.5, 0.6) is 0 Å². The van der Waals surface area contributed by atoms with E-state index in [0.29, 0.717) is 11.1 Å². The van der Waals surface area contributed by atoms with Crippen molar-refractivity contribution in [3.63, 3.8) is 0 Å². The first-order valence-electron chi connectivity index (χ1n) is 4.23. The fourth-order valence-electron chi connectivity index (χ4n) is 1.41. The van der Waals surface area contributed by atoms with Crippen molar-refractivity contribution in [2.24, 2.45) is 0 Å². The number of aromatic nitrogens is 2. The Kier molecular flexibility index (Phi) is 2.04. The number of hydrogen-bond acceptors (Lipinski definition) is 5. The van der Waals surface area contributed by atoms with E-state index in [1.54, 1.807) is 6.92 Å². The molecule has 2 rings (SSSR count). The maximum Gasteiger partial charge on any atom is 0.276 e. The fourth-order valence-corrected chi connectivity index (χ4v) is 1.41. The van der Waals surface area contributed by atoms with Gasteiger partial charge in [0.1, 0.15) is 0 Å². The van der Waals surface area contributed by atoms with Gasteiger partial charge in [-0.05, 0) is 17.8 Å². The van der Waals surface area contributed by atoms with E-state index in [9.17, 15) is 20.2 Å². The molecular formula is C8H5N4O4-. The van der Waals surface area contributed by atoms with Crippen LogP contribution < -0.4 is 5.10 Å². The van der Waals surface area contributed by atoms with E-state index in [-0.39, 0.29) is 11.2 Å². The second-order valence-electron chi connectivity index (χ2n) is 3.16. The van der Waals surface area contributed by atoms with Crippen LogP contribution in [0.1, 0.15) is 5.69 Å². The van der Waals surface area contributed by atoms with Crippen molar-refractivity contribution in [3.05, 3.63) is 38.1 Å². The minimum Gasteiger partial charge on any atom is -0.569 e. The molecule has 0 N–H and O–H groups in total. The molecule has 1 aromatic carbocycles. The predicted molar refractivity (Wildman–Crippen MR) is 53.1 cm³/mol. The quantitative estimate of drug-likeness (QED) is 0.558. The average molecular weight is 221 g/mol. The van der Waals surface area contributed by atoms with Crippen LogP contribution in [0.25, 0.3) is 10.9 Å². The molecule has 0 spiro atoms. The molecule has 0 aliphatic heterocycles. The molecule has 82 valence electrons. The lowest BCUT2D eigenvalue weighted by Crippen LogP contribution is -1.94. The number of rotatable bonds is 2. The van der Waals surface area contributed by atoms with Crippen molar-refractivity contribution in [2.75, 3.05) is 0 Å². The molecule has 0 aliphatic rings. The maximum atomic E-state index is 10.7. The van der Waals surface area contributed by atoms with Crippen LogP contribution in [0.3, 0.4) is 0 Å². The second-order valence-corrected chi connectivity index (χ2v) is 3.16. The van der Waals surface area contributed by atoms with Crippen LogP contribution >= 0.6 is 0 Å². The molecule has 8 heteroatoms. The minimum atomic E-state index is -0.705. The summed E-state index contributed by atoms with van der Waals surface area (Å²) in [6.07, 6.45) is 0. The monoisotopic (exact) mass is 221 g/mol. The first kappa shape index (κ1) is 10.0. The number of fused-ring (bicyclic) bond motifs is 1. The van der Waals surface area contributed by atoms with Gasteiger partial charge in [-0.2, -0.15) is 0 Å². The molecule has 0 amide bonds. The van der Waals surface area contributed by atoms with Crippen molar-refractivity contribution in [2.45, 2.75) is 6.92 Å². The van der Waals surface area contributed by atoms with Crippen LogP contribution in [-0.2, 0) is 0 Å². The largest absolute Gasteiger partial charge is 0.569 e. The van der Waals surface area contributed by atoms with E-state index in [1.807, 2.05) is 0 Å². The van der Waals surface area contributed by atoms with Crippen molar-refractivity contribution >= 4 is 22.3 Å². The third-order valence-corrected chi connectivity index (χ3v) is 2.17. The van der Waals surface area contributed by atoms with Gasteiger partial charge >= 0.3 is 0 Å². The van der Waals surface area contributed by atoms with Gasteiger partial charge in [0, 0.05) is 11.8 Å². The molecule has 0 saturated carbocycles. The van der Waals surface area contributed by atoms with Crippen LogP contribution in [0.15, 0.2) is 12.1 Å². The highest BCUT2D eigenvalue weighted by atomic mass is 16.6. The van der Waals surface area contributed by atoms with E-state index in [1.165, 1.54) is 6.07 Å². The lowest BCUT2D eigenvalue weighted by molar-refractivity contribution is -0.393. The lowest BCUT2D eigenvalue weighted by atomic mass is 10.1. The standard InChI is InChI=1S/C8H5N4O4/c1-4-6-2-5(11(13)14)3-7(12(15)16)8(6)10-9-4/h2-3H,1H3/q-1. The van der Waals surface area contributed by atoms with E-state index < -0.39 is 15.5 Å². The Morgan fingerprint density at radius 3 is 2.50 bits per heavy atom. The molecule has 1 aromatic heterocycles. The Morgan fingerprint density at radius 1 is 1.25 bits per heavy atom. The van der Waals surface area contributed by atoms with E-state index >= 15 is 0 Å². The van der Waals surface area contributed by atoms with Gasteiger partial charge in [-0.3, -0.25) is 20.2 Å². The molecule has 0 saturated heterocycles. The Labute approximate surface area is 88.2 Å². The zero-order valence-electron chi connectivity index (χ0n) is 8.08. The Balaban J connectivity index is 2.86. The van der Waals surface area contributed by atoms with Gasteiger partial charge in [-0.1, -0.05) is 0 Å². The van der Waals surface area contributed by atoms with Crippen LogP contribution in [0.4, 0.5) is 11.4 Å². The number of nitro benzene ring substituents is 2. The number of benzene rings is 1. The van der Waals surface area contributed by atoms with Crippen molar-refractivity contribution in [1.29, 1.82) is 0 Å². The summed E-state index contributed by atoms with van der Waals surface area (Å²) >= 11 is 0. The SMILES string of the molecule is Cc1n[n-]c2c([N+](=O)[O-])cc([N+](=O)[O-])cc12. The molecule has 0 fully saturated rings. The Bertz CT molecular complexity index is 603. The first-order valence-corrected chi connectivity index (χ1v) is 4.23. The molecule has 0 atom stereocenters. The number of non-ortho nitro benzene ring substituents is 2. The highest BCUT2D eigenvalue weighted by Gasteiger charge is 2.17. The number of nitro groups is 2. The molecule has 8 nitrogen and oxygen atoms in total. The first-order chi connectivity index (χ1) is 7.50. The maximum absolute atomic E-state index is 10.7. The molecule has 1 heterocycles. The van der Waals surface area contributed by atoms with Crippen LogP contribution in [-0.4, -0.2) is 14.9 Å². The van der Waals surface area contributed by atoms with Crippen molar-refractivity contribution in [1.82, 2.24) is 10.2 Å². The highest BCUT2D eigenvalue weighted by molar-refractivity contribution is 5.91. The van der Waals surface area contributed by atoms with Gasteiger partial charge < -0.3 is 10.2 Å². The summed E-state index contributed by atoms with van der Waals surface area (Å²) in [5.74, 6) is 0. The van der Waals surface area contributed by atoms with Crippen LogP contribution in [0.2, 0.25) is 0 Å². The highest BCUT2D eigenvalue weighted by Crippen LogP contribution is 2.30. The van der Waals surface area contributed by atoms with Gasteiger partial charge in [0.15, 0.2) is 0 Å². The summed E-state index contributed by atoms with van der Waals surface area (Å²) in [6.45, 7) is 1.59. The molecular weight excluding hydrogens is 216 g/mol. The van der Waals surface area contributed by atoms with Crippen molar-refractivity contribution in [3.8, 4) is 0 Å². The number of nitrogens with zero attached hydrogens (tertiary/aromatic N) is 4. The van der Waals surface area contributed by atoms with Gasteiger partial charge in [-0.15, -0.1) is 0 Å². The molecule has 0 radical (unpaired) electrons. The van der Waals surface area contributed by atoms with Crippen molar-refractivity contribution < 1.29 is 9.85 Å². The van der Waals surface area contributed by atoms with Gasteiger partial charge in [0.25, 0.3) is 11.4 Å². The van der Waals surface area contributed by atoms with Crippen LogP contribution in [0, 0.1) is 27.2 Å². The number of aryl methyl sites for hydroxylation is 1. The third-order valence-electron chi connectivity index (χ3n) is 2.17. The third kappa shape index (κ3) is 1.36. The Morgan fingerprint density at radius 2 is 1.94 bits per heavy atom. The van der Waals surface area contributed by atoms with E-state index in [2.05, 4.69) is 10.2 Å². The predicted octanol–water partition coefficient (Wildman–Crippen LogP) is 1.32. The molecule has 2 aromatic rings. The van der Waals surface area contributed by atoms with E-state index in [0.717, 1.165) is 6.07 Å². The van der Waals surface area contributed by atoms with E-state index in [4.69, 9.17) is 0 Å². The summed E-state index contributed by atoms with van der Waals surface area (Å²) in [4.78, 5) is 19.9.